The van der Waals surface area contributed by atoms with Gasteiger partial charge in [0.05, 0.1) is 16.1 Å². The first kappa shape index (κ1) is 29.8. The Morgan fingerprint density at radius 1 is 0.927 bits per heavy atom. The van der Waals surface area contributed by atoms with Gasteiger partial charge < -0.3 is 24.3 Å². The molecule has 6 nitrogen and oxygen atoms in total. The third-order valence-electron chi connectivity index (χ3n) is 8.86. The Balaban J connectivity index is 1.20. The lowest BCUT2D eigenvalue weighted by Crippen LogP contribution is -2.40. The van der Waals surface area contributed by atoms with E-state index in [9.17, 15) is 5.26 Å². The summed E-state index contributed by atoms with van der Waals surface area (Å²) in [5.41, 5.74) is 5.45. The number of fused-ring (bicyclic) bond motifs is 1. The molecule has 0 amide bonds. The van der Waals surface area contributed by atoms with Crippen molar-refractivity contribution in [2.45, 2.75) is 77.4 Å². The molecule has 1 atom stereocenters. The molecule has 2 fully saturated rings. The maximum absolute atomic E-state index is 9.52. The number of piperidine rings is 2. The fraction of sp³-hybridized carbons (Fsp3) is 0.559. The Morgan fingerprint density at radius 2 is 1.59 bits per heavy atom. The summed E-state index contributed by atoms with van der Waals surface area (Å²) >= 11 is 6.47. The fourth-order valence-corrected chi connectivity index (χ4v) is 6.69. The highest BCUT2D eigenvalue weighted by Crippen LogP contribution is 2.37. The number of H-pyrrole nitrogens is 1. The van der Waals surface area contributed by atoms with E-state index in [1.165, 1.54) is 16.9 Å². The Morgan fingerprint density at radius 3 is 2.22 bits per heavy atom. The summed E-state index contributed by atoms with van der Waals surface area (Å²) in [4.78, 5) is 8.35. The van der Waals surface area contributed by atoms with Crippen LogP contribution in [0.3, 0.4) is 0 Å². The average molecular weight is 577 g/mol. The Labute approximate surface area is 250 Å². The molecule has 0 bridgehead atoms. The topological polar surface area (TPSA) is 64.5 Å². The van der Waals surface area contributed by atoms with Crippen LogP contribution in [0.15, 0.2) is 42.6 Å². The highest BCUT2D eigenvalue weighted by Gasteiger charge is 2.29. The maximum atomic E-state index is 9.52. The number of hydrogen-bond acceptors (Lipinski definition) is 5. The van der Waals surface area contributed by atoms with Crippen molar-refractivity contribution < 1.29 is 9.47 Å². The number of unbranched alkanes of at least 4 members (excludes halogenated alkanes) is 2. The van der Waals surface area contributed by atoms with Crippen molar-refractivity contribution in [3.63, 3.8) is 0 Å². The molecule has 220 valence electrons. The Bertz CT molecular complexity index is 1280. The predicted octanol–water partition coefficient (Wildman–Crippen LogP) is 8.25. The van der Waals surface area contributed by atoms with Crippen molar-refractivity contribution in [2.75, 3.05) is 49.2 Å². The highest BCUT2D eigenvalue weighted by atomic mass is 35.5. The van der Waals surface area contributed by atoms with Gasteiger partial charge in [-0.05, 0) is 74.4 Å². The molecule has 2 saturated heterocycles. The Hall–Kier alpha value is -2.72. The second-order valence-electron chi connectivity index (χ2n) is 11.6. The number of aromatic nitrogens is 1. The predicted molar refractivity (Wildman–Crippen MR) is 169 cm³/mol. The van der Waals surface area contributed by atoms with E-state index in [0.29, 0.717) is 22.4 Å². The number of nitriles is 1. The van der Waals surface area contributed by atoms with Crippen molar-refractivity contribution in [3.05, 3.63) is 58.7 Å². The molecule has 0 radical (unpaired) electrons. The van der Waals surface area contributed by atoms with E-state index >= 15 is 0 Å². The minimum atomic E-state index is -0.0657. The molecule has 2 aliphatic heterocycles. The minimum Gasteiger partial charge on any atom is -0.372 e. The summed E-state index contributed by atoms with van der Waals surface area (Å²) in [6.07, 6.45) is 10.7. The molecular formula is C34H45ClN4O2. The number of benzene rings is 2. The quantitative estimate of drug-likeness (QED) is 0.174. The van der Waals surface area contributed by atoms with Crippen molar-refractivity contribution in [1.82, 2.24) is 4.98 Å². The molecule has 41 heavy (non-hydrogen) atoms. The summed E-state index contributed by atoms with van der Waals surface area (Å²) in [5.74, 6) is 0.854. The van der Waals surface area contributed by atoms with Crippen LogP contribution in [0.2, 0.25) is 5.02 Å². The summed E-state index contributed by atoms with van der Waals surface area (Å²) in [6, 6.07) is 15.5. The molecule has 0 unspecified atom stereocenters. The van der Waals surface area contributed by atoms with E-state index in [2.05, 4.69) is 65.0 Å². The van der Waals surface area contributed by atoms with Crippen LogP contribution in [-0.2, 0) is 9.47 Å². The maximum Gasteiger partial charge on any atom is 0.160 e. The van der Waals surface area contributed by atoms with Crippen LogP contribution in [0.4, 0.5) is 11.4 Å². The van der Waals surface area contributed by atoms with Crippen LogP contribution in [-0.4, -0.2) is 50.7 Å². The molecule has 2 aliphatic rings. The van der Waals surface area contributed by atoms with Crippen molar-refractivity contribution in [1.29, 1.82) is 5.26 Å². The van der Waals surface area contributed by atoms with Crippen molar-refractivity contribution >= 4 is 33.9 Å². The number of aromatic amines is 1. The number of hydrogen-bond donors (Lipinski definition) is 1. The average Bonchev–Trinajstić information content (AvgIpc) is 3.46. The number of ether oxygens (including phenoxy) is 2. The summed E-state index contributed by atoms with van der Waals surface area (Å²) < 4.78 is 12.4. The van der Waals surface area contributed by atoms with Gasteiger partial charge in [-0.1, -0.05) is 44.4 Å². The first-order valence-electron chi connectivity index (χ1n) is 15.7. The summed E-state index contributed by atoms with van der Waals surface area (Å²) in [7, 11) is 0. The highest BCUT2D eigenvalue weighted by molar-refractivity contribution is 6.36. The van der Waals surface area contributed by atoms with Gasteiger partial charge in [-0.25, -0.2) is 0 Å². The smallest absolute Gasteiger partial charge is 0.160 e. The molecule has 0 saturated carbocycles. The van der Waals surface area contributed by atoms with E-state index < -0.39 is 0 Å². The normalized spacial score (nSPS) is 18.4. The van der Waals surface area contributed by atoms with Crippen LogP contribution in [0.25, 0.3) is 10.9 Å². The van der Waals surface area contributed by atoms with E-state index in [4.69, 9.17) is 21.1 Å². The number of halogens is 1. The van der Waals surface area contributed by atoms with Crippen LogP contribution in [0.1, 0.15) is 82.3 Å². The molecule has 5 rings (SSSR count). The first-order valence-corrected chi connectivity index (χ1v) is 16.0. The first-order chi connectivity index (χ1) is 20.1. The van der Waals surface area contributed by atoms with Gasteiger partial charge in [0.15, 0.2) is 6.29 Å². The lowest BCUT2D eigenvalue weighted by molar-refractivity contribution is -0.177. The third kappa shape index (κ3) is 7.02. The molecular weight excluding hydrogens is 532 g/mol. The lowest BCUT2D eigenvalue weighted by atomic mass is 9.89. The van der Waals surface area contributed by atoms with E-state index in [-0.39, 0.29) is 6.29 Å². The fourth-order valence-electron chi connectivity index (χ4n) is 6.43. The van der Waals surface area contributed by atoms with E-state index in [0.717, 1.165) is 102 Å². The number of nitrogens with one attached hydrogen (secondary N) is 1. The molecule has 0 aliphatic carbocycles. The zero-order chi connectivity index (χ0) is 28.6. The van der Waals surface area contributed by atoms with Crippen LogP contribution < -0.4 is 9.80 Å². The lowest BCUT2D eigenvalue weighted by Gasteiger charge is -2.37. The van der Waals surface area contributed by atoms with Crippen LogP contribution >= 0.6 is 11.6 Å². The van der Waals surface area contributed by atoms with Gasteiger partial charge in [0.2, 0.25) is 0 Å². The number of rotatable bonds is 12. The van der Waals surface area contributed by atoms with Gasteiger partial charge in [0.1, 0.15) is 6.07 Å². The van der Waals surface area contributed by atoms with Gasteiger partial charge in [-0.15, -0.1) is 0 Å². The minimum absolute atomic E-state index is 0.0657. The standard InChI is InChI=1S/C34H45ClN4O2/c1-3-5-20-40-34(41-21-6-4-2)25-15-18-38(19-16-25)28-9-11-29(12-10-28)39-17-7-8-26(24-39)30-13-14-31(35)32-27(22-36)23-37-33(30)32/h9-14,23,25-26,34,37H,3-8,15-21,24H2,1-2H3/t26-/m1/s1. The van der Waals surface area contributed by atoms with Gasteiger partial charge in [-0.3, -0.25) is 0 Å². The summed E-state index contributed by atoms with van der Waals surface area (Å²) in [5, 5.41) is 11.0. The van der Waals surface area contributed by atoms with Crippen molar-refractivity contribution in [2.24, 2.45) is 5.92 Å². The van der Waals surface area contributed by atoms with Gasteiger partial charge >= 0.3 is 0 Å². The molecule has 1 N–H and O–H groups in total. The van der Waals surface area contributed by atoms with Crippen LogP contribution in [0.5, 0.6) is 0 Å². The molecule has 0 spiro atoms. The second kappa shape index (κ2) is 14.4. The van der Waals surface area contributed by atoms with Crippen molar-refractivity contribution in [3.8, 4) is 6.07 Å². The van der Waals surface area contributed by atoms with Gasteiger partial charge in [0.25, 0.3) is 0 Å². The monoisotopic (exact) mass is 576 g/mol. The zero-order valence-electron chi connectivity index (χ0n) is 24.7. The van der Waals surface area contributed by atoms with E-state index in [1.807, 2.05) is 6.07 Å². The van der Waals surface area contributed by atoms with Gasteiger partial charge in [-0.2, -0.15) is 5.26 Å². The largest absolute Gasteiger partial charge is 0.372 e. The molecule has 1 aromatic heterocycles. The molecule has 3 aromatic rings. The SMILES string of the molecule is CCCCOC(OCCCC)C1CCN(c2ccc(N3CCC[C@@H](c4ccc(Cl)c5c(C#N)c[nH]c45)C3)cc2)CC1. The van der Waals surface area contributed by atoms with Crippen LogP contribution in [0, 0.1) is 17.2 Å². The number of nitrogens with zero attached hydrogens (tertiary/aromatic N) is 3. The third-order valence-corrected chi connectivity index (χ3v) is 9.18. The molecule has 7 heteroatoms. The second-order valence-corrected chi connectivity index (χ2v) is 12.1. The zero-order valence-corrected chi connectivity index (χ0v) is 25.5. The van der Waals surface area contributed by atoms with E-state index in [1.54, 1.807) is 6.20 Å². The Kier molecular flexibility index (Phi) is 10.5. The van der Waals surface area contributed by atoms with Gasteiger partial charge in [0, 0.05) is 74.2 Å². The molecule has 2 aromatic carbocycles. The number of anilines is 2. The molecule has 3 heterocycles. The summed E-state index contributed by atoms with van der Waals surface area (Å²) in [6.45, 7) is 10.1.